The number of hydrogen-bond donors (Lipinski definition) is 1. The van der Waals surface area contributed by atoms with Crippen LogP contribution in [0.2, 0.25) is 0 Å². The zero-order chi connectivity index (χ0) is 19.6. The van der Waals surface area contributed by atoms with Crippen molar-refractivity contribution in [3.05, 3.63) is 56.8 Å². The van der Waals surface area contributed by atoms with Gasteiger partial charge in [-0.2, -0.15) is 0 Å². The van der Waals surface area contributed by atoms with Crippen molar-refractivity contribution in [3.63, 3.8) is 0 Å². The molecule has 0 saturated carbocycles. The molecule has 9 heteroatoms. The minimum Gasteiger partial charge on any atom is -0.465 e. The number of benzene rings is 1. The first-order valence-corrected chi connectivity index (χ1v) is 9.02. The van der Waals surface area contributed by atoms with Gasteiger partial charge in [0, 0.05) is 5.69 Å². The Bertz CT molecular complexity index is 990. The molecule has 0 radical (unpaired) electrons. The molecule has 0 unspecified atom stereocenters. The largest absolute Gasteiger partial charge is 0.465 e. The summed E-state index contributed by atoms with van der Waals surface area (Å²) in [5.74, 6) is -1.28. The van der Waals surface area contributed by atoms with Crippen molar-refractivity contribution in [1.29, 1.82) is 0 Å². The fraction of sp³-hybridized carbons (Fsp3) is 0.222. The molecule has 1 aliphatic heterocycles. The maximum Gasteiger partial charge on any atom is 0.326 e. The molecule has 1 aromatic carbocycles. The fourth-order valence-corrected chi connectivity index (χ4v) is 3.41. The van der Waals surface area contributed by atoms with E-state index in [0.29, 0.717) is 23.1 Å². The van der Waals surface area contributed by atoms with Crippen LogP contribution >= 0.6 is 11.8 Å². The molecule has 1 fully saturated rings. The number of aromatic nitrogens is 2. The predicted molar refractivity (Wildman–Crippen MR) is 100 cm³/mol. The molecular weight excluding hydrogens is 370 g/mol. The average molecular weight is 387 g/mol. The lowest BCUT2D eigenvalue weighted by Gasteiger charge is -2.10. The number of imide groups is 1. The number of carbonyl (C=O) groups excluding carboxylic acids is 3. The highest BCUT2D eigenvalue weighted by atomic mass is 32.2. The van der Waals surface area contributed by atoms with Gasteiger partial charge in [0.1, 0.15) is 6.54 Å². The van der Waals surface area contributed by atoms with Crippen LogP contribution < -0.4 is 5.56 Å². The third-order valence-corrected chi connectivity index (χ3v) is 4.78. The number of hydrogen-bond acceptors (Lipinski definition) is 6. The van der Waals surface area contributed by atoms with Crippen molar-refractivity contribution < 1.29 is 19.1 Å². The number of ether oxygens (including phenoxy) is 1. The minimum atomic E-state index is -0.662. The number of esters is 1. The van der Waals surface area contributed by atoms with Gasteiger partial charge >= 0.3 is 5.97 Å². The first kappa shape index (κ1) is 18.7. The van der Waals surface area contributed by atoms with E-state index in [1.165, 1.54) is 10.8 Å². The summed E-state index contributed by atoms with van der Waals surface area (Å²) in [6.45, 7) is 3.05. The van der Waals surface area contributed by atoms with Gasteiger partial charge in [-0.1, -0.05) is 18.2 Å². The third-order valence-electron chi connectivity index (χ3n) is 3.87. The monoisotopic (exact) mass is 387 g/mol. The SMILES string of the molecule is CCOC(=O)CN1C(=O)S/C(=C\c2c(C)[nH]n(-c3ccccc3)c2=O)C1=O. The Balaban J connectivity index is 1.91. The van der Waals surface area contributed by atoms with Gasteiger partial charge in [0.15, 0.2) is 0 Å². The summed E-state index contributed by atoms with van der Waals surface area (Å²) < 4.78 is 6.14. The van der Waals surface area contributed by atoms with Gasteiger partial charge in [0.25, 0.3) is 16.7 Å². The lowest BCUT2D eigenvalue weighted by molar-refractivity contribution is -0.145. The van der Waals surface area contributed by atoms with Gasteiger partial charge in [-0.3, -0.25) is 29.2 Å². The topological polar surface area (TPSA) is 101 Å². The molecule has 2 heterocycles. The molecule has 1 N–H and O–H groups in total. The van der Waals surface area contributed by atoms with Crippen molar-refractivity contribution in [3.8, 4) is 5.69 Å². The number of nitrogens with zero attached hydrogens (tertiary/aromatic N) is 2. The number of nitrogens with one attached hydrogen (secondary N) is 1. The zero-order valence-electron chi connectivity index (χ0n) is 14.7. The molecule has 0 aliphatic carbocycles. The summed E-state index contributed by atoms with van der Waals surface area (Å²) in [5.41, 5.74) is 1.15. The quantitative estimate of drug-likeness (QED) is 0.623. The number of carbonyl (C=O) groups is 3. The summed E-state index contributed by atoms with van der Waals surface area (Å²) in [7, 11) is 0. The van der Waals surface area contributed by atoms with Gasteiger partial charge < -0.3 is 4.74 Å². The first-order valence-electron chi connectivity index (χ1n) is 8.20. The predicted octanol–water partition coefficient (Wildman–Crippen LogP) is 2.07. The van der Waals surface area contributed by atoms with Gasteiger partial charge in [0.2, 0.25) is 0 Å². The molecule has 27 heavy (non-hydrogen) atoms. The normalized spacial score (nSPS) is 15.6. The Hall–Kier alpha value is -3.07. The molecule has 8 nitrogen and oxygen atoms in total. The summed E-state index contributed by atoms with van der Waals surface area (Å²) >= 11 is 0.688. The van der Waals surface area contributed by atoms with Crippen LogP contribution in [-0.4, -0.2) is 44.9 Å². The number of amides is 2. The number of rotatable bonds is 5. The summed E-state index contributed by atoms with van der Waals surface area (Å²) in [5, 5.41) is 2.38. The molecule has 1 aliphatic rings. The van der Waals surface area contributed by atoms with Crippen molar-refractivity contribution in [1.82, 2.24) is 14.7 Å². The third kappa shape index (κ3) is 3.72. The second-order valence-electron chi connectivity index (χ2n) is 5.70. The number of aryl methyl sites for hydroxylation is 1. The molecule has 0 bridgehead atoms. The Morgan fingerprint density at radius 2 is 1.93 bits per heavy atom. The van der Waals surface area contributed by atoms with Crippen LogP contribution in [0.4, 0.5) is 4.79 Å². The molecule has 1 aromatic heterocycles. The lowest BCUT2D eigenvalue weighted by Crippen LogP contribution is -2.34. The van der Waals surface area contributed by atoms with Crippen LogP contribution in [0.25, 0.3) is 11.8 Å². The van der Waals surface area contributed by atoms with Crippen molar-refractivity contribution in [2.45, 2.75) is 13.8 Å². The summed E-state index contributed by atoms with van der Waals surface area (Å²) in [4.78, 5) is 49.7. The van der Waals surface area contributed by atoms with E-state index in [9.17, 15) is 19.2 Å². The smallest absolute Gasteiger partial charge is 0.326 e. The Labute approximate surface area is 158 Å². The highest BCUT2D eigenvalue weighted by Gasteiger charge is 2.37. The van der Waals surface area contributed by atoms with E-state index < -0.39 is 23.7 Å². The number of para-hydroxylation sites is 1. The fourth-order valence-electron chi connectivity index (χ4n) is 2.59. The van der Waals surface area contributed by atoms with Crippen LogP contribution in [0.1, 0.15) is 18.2 Å². The number of H-pyrrole nitrogens is 1. The molecule has 0 atom stereocenters. The van der Waals surface area contributed by atoms with Gasteiger partial charge in [0.05, 0.1) is 22.8 Å². The van der Waals surface area contributed by atoms with Crippen LogP contribution in [0.5, 0.6) is 0 Å². The first-order chi connectivity index (χ1) is 12.9. The standard InChI is InChI=1S/C18H17N3O5S/c1-3-26-15(22)10-20-17(24)14(27-18(20)25)9-13-11(2)19-21(16(13)23)12-7-5-4-6-8-12/h4-9,19H,3,10H2,1-2H3/b14-9-. The van der Waals surface area contributed by atoms with Gasteiger partial charge in [-0.05, 0) is 43.8 Å². The molecule has 0 spiro atoms. The molecule has 3 rings (SSSR count). The summed E-state index contributed by atoms with van der Waals surface area (Å²) in [6, 6.07) is 8.99. The van der Waals surface area contributed by atoms with E-state index in [-0.39, 0.29) is 22.6 Å². The van der Waals surface area contributed by atoms with Crippen LogP contribution in [0.15, 0.2) is 40.0 Å². The molecule has 140 valence electrons. The van der Waals surface area contributed by atoms with Crippen molar-refractivity contribution in [2.75, 3.05) is 13.2 Å². The lowest BCUT2D eigenvalue weighted by atomic mass is 10.2. The average Bonchev–Trinajstić information content (AvgIpc) is 3.07. The van der Waals surface area contributed by atoms with Crippen molar-refractivity contribution in [2.24, 2.45) is 0 Å². The van der Waals surface area contributed by atoms with E-state index in [1.54, 1.807) is 38.1 Å². The van der Waals surface area contributed by atoms with Crippen molar-refractivity contribution >= 4 is 35.0 Å². The molecular formula is C18H17N3O5S. The maximum absolute atomic E-state index is 12.7. The Morgan fingerprint density at radius 1 is 1.22 bits per heavy atom. The van der Waals surface area contributed by atoms with Gasteiger partial charge in [-0.15, -0.1) is 0 Å². The van der Waals surface area contributed by atoms with Crippen LogP contribution in [-0.2, 0) is 14.3 Å². The van der Waals surface area contributed by atoms with E-state index in [2.05, 4.69) is 5.10 Å². The van der Waals surface area contributed by atoms with Crippen LogP contribution in [0, 0.1) is 6.92 Å². The Kier molecular flexibility index (Phi) is 5.31. The second kappa shape index (κ2) is 7.67. The van der Waals surface area contributed by atoms with E-state index in [1.807, 2.05) is 6.07 Å². The maximum atomic E-state index is 12.7. The number of aromatic amines is 1. The molecule has 2 amide bonds. The molecule has 2 aromatic rings. The Morgan fingerprint density at radius 3 is 2.59 bits per heavy atom. The number of thioether (sulfide) groups is 1. The van der Waals surface area contributed by atoms with E-state index in [0.717, 1.165) is 4.90 Å². The molecule has 1 saturated heterocycles. The minimum absolute atomic E-state index is 0.0868. The van der Waals surface area contributed by atoms with E-state index in [4.69, 9.17) is 4.74 Å². The van der Waals surface area contributed by atoms with E-state index >= 15 is 0 Å². The second-order valence-corrected chi connectivity index (χ2v) is 6.69. The summed E-state index contributed by atoms with van der Waals surface area (Å²) in [6.07, 6.45) is 1.38. The zero-order valence-corrected chi connectivity index (χ0v) is 15.5. The highest BCUT2D eigenvalue weighted by molar-refractivity contribution is 8.18. The highest BCUT2D eigenvalue weighted by Crippen LogP contribution is 2.32. The van der Waals surface area contributed by atoms with Gasteiger partial charge in [-0.25, -0.2) is 4.68 Å². The van der Waals surface area contributed by atoms with Crippen LogP contribution in [0.3, 0.4) is 0 Å².